The molecule has 1 N–H and O–H groups in total. The summed E-state index contributed by atoms with van der Waals surface area (Å²) in [5, 5.41) is 16.2. The van der Waals surface area contributed by atoms with E-state index < -0.39 is 0 Å². The van der Waals surface area contributed by atoms with E-state index in [4.69, 9.17) is 18.6 Å². The first-order valence-electron chi connectivity index (χ1n) is 8.09. The van der Waals surface area contributed by atoms with Gasteiger partial charge in [0.05, 0.1) is 33.1 Å². The molecule has 0 fully saturated rings. The van der Waals surface area contributed by atoms with Gasteiger partial charge in [0, 0.05) is 35.1 Å². The summed E-state index contributed by atoms with van der Waals surface area (Å²) in [4.78, 5) is 0. The van der Waals surface area contributed by atoms with Crippen molar-refractivity contribution in [3.63, 3.8) is 0 Å². The van der Waals surface area contributed by atoms with Crippen LogP contribution in [0.2, 0.25) is 0 Å². The number of nitrogens with one attached hydrogen (secondary N) is 1. The smallest absolute Gasteiger partial charge is 0.277 e. The fourth-order valence-electron chi connectivity index (χ4n) is 2.73. The fourth-order valence-corrected chi connectivity index (χ4v) is 3.47. The van der Waals surface area contributed by atoms with Crippen molar-refractivity contribution in [1.82, 2.24) is 20.4 Å². The molecule has 1 aliphatic heterocycles. The molecule has 0 aliphatic carbocycles. The number of fused-ring (bicyclic) bond motifs is 1. The summed E-state index contributed by atoms with van der Waals surface area (Å²) in [7, 11) is 3.20. The Balaban J connectivity index is 1.49. The second-order valence-corrected chi connectivity index (χ2v) is 6.62. The van der Waals surface area contributed by atoms with E-state index in [0.29, 0.717) is 35.0 Å². The van der Waals surface area contributed by atoms with Crippen LogP contribution in [0.1, 0.15) is 17.0 Å². The molecule has 4 rings (SSSR count). The van der Waals surface area contributed by atoms with Crippen LogP contribution < -0.4 is 9.47 Å². The molecule has 9 heteroatoms. The molecule has 0 spiro atoms. The molecule has 1 aromatic carbocycles. The van der Waals surface area contributed by atoms with Gasteiger partial charge in [0.15, 0.2) is 0 Å². The summed E-state index contributed by atoms with van der Waals surface area (Å²) in [6, 6.07) is 5.44. The highest BCUT2D eigenvalue weighted by molar-refractivity contribution is 7.98. The number of nitrogens with zero attached hydrogens (tertiary/aromatic N) is 3. The minimum absolute atomic E-state index is 0.414. The highest BCUT2D eigenvalue weighted by atomic mass is 32.2. The van der Waals surface area contributed by atoms with Crippen molar-refractivity contribution in [3.8, 4) is 23.0 Å². The third kappa shape index (κ3) is 3.40. The van der Waals surface area contributed by atoms with Gasteiger partial charge in [-0.3, -0.25) is 5.10 Å². The van der Waals surface area contributed by atoms with E-state index in [2.05, 4.69) is 20.4 Å². The van der Waals surface area contributed by atoms with E-state index >= 15 is 0 Å². The Bertz CT molecular complexity index is 886. The predicted octanol–water partition coefficient (Wildman–Crippen LogP) is 2.84. The number of ether oxygens (including phenoxy) is 3. The summed E-state index contributed by atoms with van der Waals surface area (Å²) in [5.74, 6) is 2.38. The number of thioether (sulfide) groups is 1. The molecule has 2 aromatic heterocycles. The highest BCUT2D eigenvalue weighted by Crippen LogP contribution is 2.31. The molecule has 26 heavy (non-hydrogen) atoms. The summed E-state index contributed by atoms with van der Waals surface area (Å²) in [6.45, 7) is 1.33. The largest absolute Gasteiger partial charge is 0.497 e. The predicted molar refractivity (Wildman–Crippen MR) is 94.3 cm³/mol. The Labute approximate surface area is 154 Å². The molecule has 0 saturated heterocycles. The van der Waals surface area contributed by atoms with Gasteiger partial charge < -0.3 is 18.6 Å². The Morgan fingerprint density at radius 3 is 2.73 bits per heavy atom. The first-order chi connectivity index (χ1) is 12.8. The van der Waals surface area contributed by atoms with Crippen LogP contribution in [0.4, 0.5) is 0 Å². The van der Waals surface area contributed by atoms with Crippen LogP contribution in [-0.2, 0) is 23.5 Å². The lowest BCUT2D eigenvalue weighted by Gasteiger charge is -2.11. The van der Waals surface area contributed by atoms with Gasteiger partial charge in [0.2, 0.25) is 5.89 Å². The van der Waals surface area contributed by atoms with Crippen molar-refractivity contribution in [2.75, 3.05) is 20.8 Å². The summed E-state index contributed by atoms with van der Waals surface area (Å²) in [5.41, 5.74) is 4.00. The highest BCUT2D eigenvalue weighted by Gasteiger charge is 2.18. The summed E-state index contributed by atoms with van der Waals surface area (Å²) >= 11 is 1.45. The third-order valence-corrected chi connectivity index (χ3v) is 4.95. The fraction of sp³-hybridized carbons (Fsp3) is 0.353. The quantitative estimate of drug-likeness (QED) is 0.658. The Morgan fingerprint density at radius 2 is 1.96 bits per heavy atom. The number of rotatable bonds is 6. The lowest BCUT2D eigenvalue weighted by atomic mass is 10.1. The van der Waals surface area contributed by atoms with Crippen molar-refractivity contribution in [3.05, 3.63) is 35.2 Å². The van der Waals surface area contributed by atoms with E-state index in [1.54, 1.807) is 20.3 Å². The number of methoxy groups -OCH3 is 2. The Hall–Kier alpha value is -2.52. The van der Waals surface area contributed by atoms with E-state index in [9.17, 15) is 0 Å². The topological polar surface area (TPSA) is 95.3 Å². The van der Waals surface area contributed by atoms with Gasteiger partial charge in [-0.2, -0.15) is 5.10 Å². The molecule has 3 heterocycles. The molecule has 0 amide bonds. The number of aromatic nitrogens is 4. The van der Waals surface area contributed by atoms with Gasteiger partial charge in [-0.05, 0) is 12.1 Å². The van der Waals surface area contributed by atoms with Crippen molar-refractivity contribution in [1.29, 1.82) is 0 Å². The lowest BCUT2D eigenvalue weighted by Crippen LogP contribution is -2.09. The third-order valence-electron chi connectivity index (χ3n) is 4.12. The number of benzene rings is 1. The Morgan fingerprint density at radius 1 is 1.15 bits per heavy atom. The number of aromatic amines is 1. The second-order valence-electron chi connectivity index (χ2n) is 5.69. The van der Waals surface area contributed by atoms with Gasteiger partial charge in [-0.25, -0.2) is 0 Å². The maximum atomic E-state index is 5.77. The average Bonchev–Trinajstić information content (AvgIpc) is 3.33. The van der Waals surface area contributed by atoms with Crippen molar-refractivity contribution in [2.24, 2.45) is 0 Å². The lowest BCUT2D eigenvalue weighted by molar-refractivity contribution is 0.109. The average molecular weight is 374 g/mol. The number of hydrogen-bond acceptors (Lipinski definition) is 8. The zero-order chi connectivity index (χ0) is 17.9. The molecule has 0 saturated carbocycles. The van der Waals surface area contributed by atoms with E-state index in [1.807, 2.05) is 12.1 Å². The summed E-state index contributed by atoms with van der Waals surface area (Å²) in [6.07, 6.45) is 0.870. The van der Waals surface area contributed by atoms with Gasteiger partial charge in [0.25, 0.3) is 5.22 Å². The molecular formula is C17H18N4O4S. The zero-order valence-corrected chi connectivity index (χ0v) is 15.3. The van der Waals surface area contributed by atoms with Gasteiger partial charge in [-0.1, -0.05) is 11.8 Å². The minimum Gasteiger partial charge on any atom is -0.497 e. The molecule has 8 nitrogen and oxygen atoms in total. The van der Waals surface area contributed by atoms with Crippen molar-refractivity contribution in [2.45, 2.75) is 24.0 Å². The maximum Gasteiger partial charge on any atom is 0.277 e. The number of H-pyrrole nitrogens is 1. The molecule has 0 radical (unpaired) electrons. The standard InChI is InChI=1S/C17H18N4O4S/c1-22-11-5-10(6-12(7-11)23-2)16-20-21-17(25-16)26-9-15-13-8-24-4-3-14(13)18-19-15/h5-7H,3-4,8-9H2,1-2H3,(H,18,19). The SMILES string of the molecule is COc1cc(OC)cc(-c2nnc(SCc3n[nH]c4c3COCC4)o2)c1. The van der Waals surface area contributed by atoms with Crippen LogP contribution in [0.5, 0.6) is 11.5 Å². The first-order valence-corrected chi connectivity index (χ1v) is 9.08. The second kappa shape index (κ2) is 7.38. The van der Waals surface area contributed by atoms with Crippen LogP contribution in [0.25, 0.3) is 11.5 Å². The van der Waals surface area contributed by atoms with Crippen LogP contribution in [0.3, 0.4) is 0 Å². The van der Waals surface area contributed by atoms with Crippen molar-refractivity contribution >= 4 is 11.8 Å². The van der Waals surface area contributed by atoms with Crippen LogP contribution in [-0.4, -0.2) is 41.2 Å². The molecule has 1 aliphatic rings. The minimum atomic E-state index is 0.414. The Kier molecular flexibility index (Phi) is 4.81. The maximum absolute atomic E-state index is 5.77. The molecule has 3 aromatic rings. The monoisotopic (exact) mass is 374 g/mol. The molecule has 0 unspecified atom stereocenters. The van der Waals surface area contributed by atoms with Gasteiger partial charge >= 0.3 is 0 Å². The molecule has 0 atom stereocenters. The van der Waals surface area contributed by atoms with Crippen LogP contribution in [0.15, 0.2) is 27.8 Å². The van der Waals surface area contributed by atoms with Gasteiger partial charge in [-0.15, -0.1) is 10.2 Å². The van der Waals surface area contributed by atoms with E-state index in [1.165, 1.54) is 11.8 Å². The molecule has 136 valence electrons. The molecule has 0 bridgehead atoms. The first kappa shape index (κ1) is 16.9. The van der Waals surface area contributed by atoms with E-state index in [0.717, 1.165) is 35.5 Å². The normalized spacial score (nSPS) is 13.5. The zero-order valence-electron chi connectivity index (χ0n) is 14.4. The molecular weight excluding hydrogens is 356 g/mol. The van der Waals surface area contributed by atoms with Crippen molar-refractivity contribution < 1.29 is 18.6 Å². The van der Waals surface area contributed by atoms with Crippen LogP contribution in [0, 0.1) is 0 Å². The summed E-state index contributed by atoms with van der Waals surface area (Å²) < 4.78 is 21.8. The van der Waals surface area contributed by atoms with Gasteiger partial charge in [0.1, 0.15) is 11.5 Å². The number of hydrogen-bond donors (Lipinski definition) is 1. The van der Waals surface area contributed by atoms with E-state index in [-0.39, 0.29) is 0 Å². The van der Waals surface area contributed by atoms with Crippen LogP contribution >= 0.6 is 11.8 Å².